The monoisotopic (exact) mass is 477 g/mol. The molecule has 0 heterocycles. The van der Waals surface area contributed by atoms with E-state index in [0.29, 0.717) is 11.6 Å². The molecule has 4 aromatic rings. The second kappa shape index (κ2) is 10.3. The minimum Gasteiger partial charge on any atom is -0.403 e. The van der Waals surface area contributed by atoms with Crippen molar-refractivity contribution < 1.29 is 12.8 Å². The first-order valence-electron chi connectivity index (χ1n) is 10.2. The molecule has 4 aromatic carbocycles. The molecule has 0 saturated carbocycles. The number of rotatable bonds is 8. The normalized spacial score (nSPS) is 11.6. The minimum absolute atomic E-state index is 0.0904. The van der Waals surface area contributed by atoms with E-state index in [2.05, 4.69) is 24.3 Å². The van der Waals surface area contributed by atoms with Crippen molar-refractivity contribution in [1.29, 1.82) is 0 Å². The molecule has 0 aromatic heterocycles. The first kappa shape index (κ1) is 22.5. The largest absolute Gasteiger partial charge is 0.403 e. The van der Waals surface area contributed by atoms with E-state index in [0.717, 1.165) is 21.5 Å². The van der Waals surface area contributed by atoms with Crippen LogP contribution in [-0.4, -0.2) is 17.5 Å². The predicted molar refractivity (Wildman–Crippen MR) is 131 cm³/mol. The summed E-state index contributed by atoms with van der Waals surface area (Å²) in [4.78, 5) is 0.260. The fourth-order valence-electron chi connectivity index (χ4n) is 3.43. The summed E-state index contributed by atoms with van der Waals surface area (Å²) in [5.74, 6) is -0.0904. The molecule has 6 heteroatoms. The van der Waals surface area contributed by atoms with Crippen LogP contribution in [0.15, 0.2) is 114 Å². The molecule has 32 heavy (non-hydrogen) atoms. The number of benzene rings is 4. The van der Waals surface area contributed by atoms with Gasteiger partial charge in [-0.1, -0.05) is 96.5 Å². The zero-order valence-corrected chi connectivity index (χ0v) is 19.9. The molecule has 161 valence electrons. The third-order valence-corrected chi connectivity index (χ3v) is 9.16. The van der Waals surface area contributed by atoms with Gasteiger partial charge in [-0.2, -0.15) is 0 Å². The summed E-state index contributed by atoms with van der Waals surface area (Å²) in [7, 11) is -4.98. The fraction of sp³-hybridized carbons (Fsp3) is 0.0769. The molecule has 0 aliphatic rings. The molecule has 0 fully saturated rings. The van der Waals surface area contributed by atoms with Crippen LogP contribution >= 0.6 is 11.6 Å². The first-order valence-corrected chi connectivity index (χ1v) is 13.6. The summed E-state index contributed by atoms with van der Waals surface area (Å²) in [5.41, 5.74) is 1.62. The lowest BCUT2D eigenvalue weighted by atomic mass is 10.1. The summed E-state index contributed by atoms with van der Waals surface area (Å²) in [6, 6.07) is 34.2. The van der Waals surface area contributed by atoms with Gasteiger partial charge >= 0.3 is 0 Å². The van der Waals surface area contributed by atoms with Gasteiger partial charge in [-0.05, 0) is 45.8 Å². The molecule has 3 nitrogen and oxygen atoms in total. The molecule has 0 saturated heterocycles. The summed E-state index contributed by atoms with van der Waals surface area (Å²) in [6.07, 6.45) is 0. The zero-order chi connectivity index (χ0) is 22.4. The van der Waals surface area contributed by atoms with Crippen LogP contribution in [0.5, 0.6) is 0 Å². The van der Waals surface area contributed by atoms with E-state index < -0.39 is 18.9 Å². The quantitative estimate of drug-likeness (QED) is 0.347. The Bertz CT molecular complexity index is 1220. The SMILES string of the molecule is O=S(=O)(Cc1ccccc1CO[Si](c1ccccc1)c1ccccc1)c1ccc(Cl)cc1. The smallest absolute Gasteiger partial charge is 0.283 e. The molecule has 0 aliphatic heterocycles. The molecule has 0 atom stereocenters. The van der Waals surface area contributed by atoms with Crippen molar-refractivity contribution in [2.24, 2.45) is 0 Å². The average Bonchev–Trinajstić information content (AvgIpc) is 2.82. The standard InChI is InChI=1S/C26H22ClO3SSi/c27-23-15-17-24(18-16-23)31(28,29)20-22-10-8-7-9-21(22)19-30-32(25-11-3-1-4-12-25)26-13-5-2-6-14-26/h1-18H,19-20H2. The van der Waals surface area contributed by atoms with E-state index in [1.54, 1.807) is 24.3 Å². The third-order valence-electron chi connectivity index (χ3n) is 5.08. The van der Waals surface area contributed by atoms with Crippen molar-refractivity contribution in [2.45, 2.75) is 17.3 Å². The van der Waals surface area contributed by atoms with Crippen LogP contribution in [0.25, 0.3) is 0 Å². The molecule has 0 N–H and O–H groups in total. The molecule has 0 unspecified atom stereocenters. The van der Waals surface area contributed by atoms with E-state index in [1.165, 1.54) is 0 Å². The minimum atomic E-state index is -3.50. The summed E-state index contributed by atoms with van der Waals surface area (Å²) in [5, 5.41) is 2.80. The van der Waals surface area contributed by atoms with Crippen LogP contribution in [0.2, 0.25) is 5.02 Å². The highest BCUT2D eigenvalue weighted by Gasteiger charge is 2.21. The van der Waals surface area contributed by atoms with Crippen molar-refractivity contribution in [2.75, 3.05) is 0 Å². The highest BCUT2D eigenvalue weighted by Crippen LogP contribution is 2.21. The molecule has 0 bridgehead atoms. The topological polar surface area (TPSA) is 43.4 Å². The lowest BCUT2D eigenvalue weighted by Gasteiger charge is -2.18. The van der Waals surface area contributed by atoms with Crippen LogP contribution < -0.4 is 10.4 Å². The van der Waals surface area contributed by atoms with E-state index in [4.69, 9.17) is 16.0 Å². The van der Waals surface area contributed by atoms with Gasteiger partial charge in [0, 0.05) is 5.02 Å². The maximum Gasteiger partial charge on any atom is 0.283 e. The van der Waals surface area contributed by atoms with Gasteiger partial charge in [0.25, 0.3) is 9.04 Å². The number of sulfone groups is 1. The molecule has 4 rings (SSSR count). The second-order valence-electron chi connectivity index (χ2n) is 7.33. The first-order chi connectivity index (χ1) is 15.5. The molecular formula is C26H22ClO3SSi. The van der Waals surface area contributed by atoms with Gasteiger partial charge in [0.15, 0.2) is 9.84 Å². The van der Waals surface area contributed by atoms with Crippen molar-refractivity contribution >= 4 is 40.9 Å². The second-order valence-corrected chi connectivity index (χ2v) is 11.9. The van der Waals surface area contributed by atoms with Gasteiger partial charge in [0.05, 0.1) is 17.3 Å². The Morgan fingerprint density at radius 1 is 0.656 bits per heavy atom. The van der Waals surface area contributed by atoms with E-state index in [9.17, 15) is 8.42 Å². The molecule has 0 amide bonds. The van der Waals surface area contributed by atoms with Gasteiger partial charge in [-0.25, -0.2) is 8.42 Å². The molecule has 0 spiro atoms. The Balaban J connectivity index is 1.58. The van der Waals surface area contributed by atoms with Crippen LogP contribution in [0.4, 0.5) is 0 Å². The Hall–Kier alpha value is -2.70. The lowest BCUT2D eigenvalue weighted by Crippen LogP contribution is -2.44. The van der Waals surface area contributed by atoms with Crippen LogP contribution in [0.3, 0.4) is 0 Å². The highest BCUT2D eigenvalue weighted by atomic mass is 35.5. The molecule has 1 radical (unpaired) electrons. The Labute approximate surface area is 195 Å². The van der Waals surface area contributed by atoms with Crippen molar-refractivity contribution in [3.63, 3.8) is 0 Å². The number of hydrogen-bond acceptors (Lipinski definition) is 3. The van der Waals surface area contributed by atoms with Gasteiger partial charge in [-0.3, -0.25) is 0 Å². The molecular weight excluding hydrogens is 456 g/mol. The van der Waals surface area contributed by atoms with Gasteiger partial charge in [-0.15, -0.1) is 0 Å². The Morgan fingerprint density at radius 3 is 1.72 bits per heavy atom. The average molecular weight is 478 g/mol. The third kappa shape index (κ3) is 5.55. The van der Waals surface area contributed by atoms with Gasteiger partial charge in [0.1, 0.15) is 0 Å². The Morgan fingerprint density at radius 2 is 1.16 bits per heavy atom. The van der Waals surface area contributed by atoms with Gasteiger partial charge in [0.2, 0.25) is 0 Å². The highest BCUT2D eigenvalue weighted by molar-refractivity contribution is 7.90. The maximum atomic E-state index is 13.0. The van der Waals surface area contributed by atoms with Crippen LogP contribution in [-0.2, 0) is 26.6 Å². The summed E-state index contributed by atoms with van der Waals surface area (Å²) in [6.45, 7) is 0.338. The van der Waals surface area contributed by atoms with Crippen LogP contribution in [0, 0.1) is 0 Å². The fourth-order valence-corrected chi connectivity index (χ4v) is 6.92. The summed E-state index contributed by atoms with van der Waals surface area (Å²) >= 11 is 5.91. The van der Waals surface area contributed by atoms with Crippen molar-refractivity contribution in [3.8, 4) is 0 Å². The van der Waals surface area contributed by atoms with Gasteiger partial charge < -0.3 is 4.43 Å². The Kier molecular flexibility index (Phi) is 7.22. The van der Waals surface area contributed by atoms with Crippen LogP contribution in [0.1, 0.15) is 11.1 Å². The lowest BCUT2D eigenvalue weighted by molar-refractivity contribution is 0.320. The van der Waals surface area contributed by atoms with E-state index in [1.807, 2.05) is 60.7 Å². The van der Waals surface area contributed by atoms with E-state index >= 15 is 0 Å². The van der Waals surface area contributed by atoms with Crippen molar-refractivity contribution in [1.82, 2.24) is 0 Å². The van der Waals surface area contributed by atoms with Crippen molar-refractivity contribution in [3.05, 3.63) is 125 Å². The maximum absolute atomic E-state index is 13.0. The number of hydrogen-bond donors (Lipinski definition) is 0. The predicted octanol–water partition coefficient (Wildman–Crippen LogP) is 4.64. The zero-order valence-electron chi connectivity index (χ0n) is 17.3. The molecule has 0 aliphatic carbocycles. The van der Waals surface area contributed by atoms with E-state index in [-0.39, 0.29) is 10.6 Å². The number of halogens is 1. The summed E-state index contributed by atoms with van der Waals surface area (Å²) < 4.78 is 32.4.